The Morgan fingerprint density at radius 1 is 0.909 bits per heavy atom. The van der Waals surface area contributed by atoms with Crippen LogP contribution < -0.4 is 19.1 Å². The maximum atomic E-state index is 14.4. The number of amides is 2. The molecule has 0 saturated heterocycles. The zero-order valence-corrected chi connectivity index (χ0v) is 26.2. The van der Waals surface area contributed by atoms with E-state index < -0.39 is 28.5 Å². The van der Waals surface area contributed by atoms with Gasteiger partial charge in [0.1, 0.15) is 12.6 Å². The minimum atomic E-state index is -3.88. The number of aryl methyl sites for hydroxylation is 1. The van der Waals surface area contributed by atoms with Crippen molar-refractivity contribution < 1.29 is 27.5 Å². The molecule has 3 aromatic carbocycles. The number of anilines is 1. The van der Waals surface area contributed by atoms with E-state index in [1.165, 1.54) is 0 Å². The maximum absolute atomic E-state index is 14.4. The second-order valence-electron chi connectivity index (χ2n) is 11.5. The first kappa shape index (κ1) is 31.4. The van der Waals surface area contributed by atoms with E-state index in [0.29, 0.717) is 23.6 Å². The fourth-order valence-electron chi connectivity index (χ4n) is 5.75. The number of ether oxygens (including phenoxy) is 2. The minimum Gasteiger partial charge on any atom is -0.454 e. The summed E-state index contributed by atoms with van der Waals surface area (Å²) in [6.07, 6.45) is 5.37. The summed E-state index contributed by atoms with van der Waals surface area (Å²) < 4.78 is 38.8. The van der Waals surface area contributed by atoms with Crippen LogP contribution in [0, 0.1) is 6.92 Å². The van der Waals surface area contributed by atoms with Gasteiger partial charge in [-0.3, -0.25) is 13.9 Å². The number of rotatable bonds is 12. The molecular formula is C34H41N3O6S. The number of carbonyl (C=O) groups excluding carboxylic acids is 2. The van der Waals surface area contributed by atoms with Crippen molar-refractivity contribution in [1.82, 2.24) is 10.2 Å². The van der Waals surface area contributed by atoms with Crippen LogP contribution in [0.2, 0.25) is 0 Å². The van der Waals surface area contributed by atoms with Gasteiger partial charge in [-0.1, -0.05) is 79.4 Å². The largest absolute Gasteiger partial charge is 0.454 e. The lowest BCUT2D eigenvalue weighted by molar-refractivity contribution is -0.140. The van der Waals surface area contributed by atoms with Gasteiger partial charge in [-0.25, -0.2) is 8.42 Å². The summed E-state index contributed by atoms with van der Waals surface area (Å²) in [5.74, 6) is 0.0189. The Morgan fingerprint density at radius 3 is 2.32 bits per heavy atom. The van der Waals surface area contributed by atoms with Crippen molar-refractivity contribution in [2.45, 2.75) is 71.0 Å². The van der Waals surface area contributed by atoms with E-state index in [2.05, 4.69) is 5.32 Å². The van der Waals surface area contributed by atoms with E-state index in [1.54, 1.807) is 30.0 Å². The van der Waals surface area contributed by atoms with Gasteiger partial charge in [-0.05, 0) is 49.9 Å². The zero-order chi connectivity index (χ0) is 31.1. The number of hydrogen-bond acceptors (Lipinski definition) is 6. The molecule has 1 atom stereocenters. The Bertz CT molecular complexity index is 1540. The predicted octanol–water partition coefficient (Wildman–Crippen LogP) is 4.97. The van der Waals surface area contributed by atoms with Gasteiger partial charge in [0.25, 0.3) is 0 Å². The van der Waals surface area contributed by atoms with Gasteiger partial charge in [0.05, 0.1) is 11.4 Å². The van der Waals surface area contributed by atoms with Crippen molar-refractivity contribution in [3.8, 4) is 11.5 Å². The number of benzene rings is 3. The smallest absolute Gasteiger partial charge is 0.244 e. The first-order valence-corrected chi connectivity index (χ1v) is 16.9. The summed E-state index contributed by atoms with van der Waals surface area (Å²) in [6, 6.07) is 21.4. The number of hydrogen-bond donors (Lipinski definition) is 1. The minimum absolute atomic E-state index is 0.0415. The Hall–Kier alpha value is -4.05. The normalized spacial score (nSPS) is 15.4. The second-order valence-corrected chi connectivity index (χ2v) is 13.7. The van der Waals surface area contributed by atoms with Crippen molar-refractivity contribution >= 4 is 27.5 Å². The average molecular weight is 620 g/mol. The number of sulfonamides is 1. The van der Waals surface area contributed by atoms with Gasteiger partial charge in [0.15, 0.2) is 11.5 Å². The second kappa shape index (κ2) is 14.2. The fraction of sp³-hybridized carbons (Fsp3) is 0.412. The van der Waals surface area contributed by atoms with Crippen molar-refractivity contribution in [1.29, 1.82) is 0 Å². The summed E-state index contributed by atoms with van der Waals surface area (Å²) in [4.78, 5) is 30.0. The van der Waals surface area contributed by atoms with Crippen molar-refractivity contribution in [2.24, 2.45) is 0 Å². The van der Waals surface area contributed by atoms with Gasteiger partial charge in [-0.2, -0.15) is 0 Å². The highest BCUT2D eigenvalue weighted by Crippen LogP contribution is 2.36. The van der Waals surface area contributed by atoms with Crippen LogP contribution in [-0.4, -0.2) is 56.3 Å². The molecule has 44 heavy (non-hydrogen) atoms. The first-order chi connectivity index (χ1) is 21.2. The van der Waals surface area contributed by atoms with Crippen LogP contribution in [0.15, 0.2) is 72.8 Å². The number of nitrogens with one attached hydrogen (secondary N) is 1. The highest BCUT2D eigenvalue weighted by atomic mass is 32.2. The van der Waals surface area contributed by atoms with Gasteiger partial charge in [0, 0.05) is 25.1 Å². The third-order valence-electron chi connectivity index (χ3n) is 8.32. The van der Waals surface area contributed by atoms with E-state index in [1.807, 2.05) is 61.5 Å². The molecule has 1 aliphatic carbocycles. The van der Waals surface area contributed by atoms with Crippen LogP contribution in [0.1, 0.15) is 55.7 Å². The van der Waals surface area contributed by atoms with Crippen LogP contribution in [0.3, 0.4) is 0 Å². The summed E-state index contributed by atoms with van der Waals surface area (Å²) >= 11 is 0. The van der Waals surface area contributed by atoms with Crippen molar-refractivity contribution in [3.63, 3.8) is 0 Å². The third kappa shape index (κ3) is 7.72. The fourth-order valence-corrected chi connectivity index (χ4v) is 6.80. The number of fused-ring (bicyclic) bond motifs is 1. The monoisotopic (exact) mass is 619 g/mol. The van der Waals surface area contributed by atoms with Gasteiger partial charge < -0.3 is 19.7 Å². The first-order valence-electron chi connectivity index (χ1n) is 15.3. The molecule has 0 aromatic heterocycles. The summed E-state index contributed by atoms with van der Waals surface area (Å²) in [5.41, 5.74) is 3.13. The Balaban J connectivity index is 1.51. The summed E-state index contributed by atoms with van der Waals surface area (Å²) in [7, 11) is -3.88. The van der Waals surface area contributed by atoms with E-state index in [-0.39, 0.29) is 31.0 Å². The molecule has 1 heterocycles. The van der Waals surface area contributed by atoms with E-state index in [0.717, 1.165) is 53.1 Å². The molecule has 10 heteroatoms. The molecule has 0 unspecified atom stereocenters. The number of carbonyl (C=O) groups is 2. The van der Waals surface area contributed by atoms with Crippen LogP contribution in [0.25, 0.3) is 0 Å². The van der Waals surface area contributed by atoms with E-state index in [9.17, 15) is 18.0 Å². The molecule has 1 saturated carbocycles. The third-order valence-corrected chi connectivity index (χ3v) is 10.1. The molecule has 0 bridgehead atoms. The van der Waals surface area contributed by atoms with Crippen molar-refractivity contribution in [2.75, 3.05) is 23.4 Å². The molecule has 5 rings (SSSR count). The zero-order valence-electron chi connectivity index (χ0n) is 25.4. The molecule has 0 spiro atoms. The van der Waals surface area contributed by atoms with Gasteiger partial charge in [-0.15, -0.1) is 0 Å². The van der Waals surface area contributed by atoms with Crippen LogP contribution in [0.5, 0.6) is 11.5 Å². The van der Waals surface area contributed by atoms with Gasteiger partial charge >= 0.3 is 0 Å². The standard InChI is InChI=1S/C34H41N3O6S/c1-3-44(40,41)37(29-18-19-31-32(21-29)43-24-42-31)23-33(38)36(22-27-16-14-25(2)15-17-27)30(20-26-10-6-4-7-11-26)34(39)35-28-12-8-5-9-13-28/h4,6-7,10-11,14-19,21,28,30H,3,5,8-9,12-13,20,22-24H2,1-2H3,(H,35,39)/t30-/m0/s1. The number of nitrogens with zero attached hydrogens (tertiary/aromatic N) is 2. The lowest BCUT2D eigenvalue weighted by Gasteiger charge is -2.35. The van der Waals surface area contributed by atoms with E-state index >= 15 is 0 Å². The maximum Gasteiger partial charge on any atom is 0.244 e. The SMILES string of the molecule is CCS(=O)(=O)N(CC(=O)N(Cc1ccc(C)cc1)[C@@H](Cc1ccccc1)C(=O)NC1CCCCC1)c1ccc2c(c1)OCO2. The molecule has 1 fully saturated rings. The lowest BCUT2D eigenvalue weighted by atomic mass is 9.94. The van der Waals surface area contributed by atoms with Crippen molar-refractivity contribution in [3.05, 3.63) is 89.5 Å². The van der Waals surface area contributed by atoms with Gasteiger partial charge in [0.2, 0.25) is 28.6 Å². The topological polar surface area (TPSA) is 105 Å². The Morgan fingerprint density at radius 2 is 1.61 bits per heavy atom. The summed E-state index contributed by atoms with van der Waals surface area (Å²) in [6.45, 7) is 3.25. The molecule has 0 radical (unpaired) electrons. The Labute approximate surface area is 260 Å². The molecular weight excluding hydrogens is 578 g/mol. The summed E-state index contributed by atoms with van der Waals surface area (Å²) in [5, 5.41) is 3.23. The van der Waals surface area contributed by atoms with Crippen LogP contribution in [0.4, 0.5) is 5.69 Å². The van der Waals surface area contributed by atoms with Crippen LogP contribution >= 0.6 is 0 Å². The average Bonchev–Trinajstić information content (AvgIpc) is 3.51. The predicted molar refractivity (Wildman–Crippen MR) is 170 cm³/mol. The molecule has 2 aliphatic rings. The molecule has 9 nitrogen and oxygen atoms in total. The molecule has 3 aromatic rings. The molecule has 2 amide bonds. The molecule has 234 valence electrons. The Kier molecular flexibility index (Phi) is 10.1. The lowest BCUT2D eigenvalue weighted by Crippen LogP contribution is -2.55. The highest BCUT2D eigenvalue weighted by Gasteiger charge is 2.35. The highest BCUT2D eigenvalue weighted by molar-refractivity contribution is 7.92. The molecule has 1 aliphatic heterocycles. The quantitative estimate of drug-likeness (QED) is 0.307. The van der Waals surface area contributed by atoms with Crippen LogP contribution in [-0.2, 0) is 32.6 Å². The van der Waals surface area contributed by atoms with E-state index in [4.69, 9.17) is 9.47 Å². The molecule has 1 N–H and O–H groups in total.